The number of rotatable bonds is 59. The van der Waals surface area contributed by atoms with E-state index >= 15 is 0 Å². The Kier molecular flexibility index (Phi) is 59.0. The van der Waals surface area contributed by atoms with Crippen molar-refractivity contribution in [2.75, 3.05) is 13.2 Å². The quantitative estimate of drug-likeness (QED) is 0.0321. The van der Waals surface area contributed by atoms with Gasteiger partial charge in [-0.3, -0.25) is 9.59 Å². The number of esters is 1. The fourth-order valence-electron chi connectivity index (χ4n) is 9.74. The van der Waals surface area contributed by atoms with E-state index in [-0.39, 0.29) is 18.5 Å². The summed E-state index contributed by atoms with van der Waals surface area (Å²) in [7, 11) is 0. The molecule has 0 rings (SSSR count). The Balaban J connectivity index is 3.49. The minimum atomic E-state index is -0.854. The zero-order chi connectivity index (χ0) is 51.4. The van der Waals surface area contributed by atoms with E-state index in [1.165, 1.54) is 257 Å². The van der Waals surface area contributed by atoms with Crippen LogP contribution in [-0.4, -0.2) is 47.4 Å². The number of aliphatic hydroxyl groups is 2. The minimum absolute atomic E-state index is 0.0103. The first kappa shape index (κ1) is 69.1. The lowest BCUT2D eigenvalue weighted by molar-refractivity contribution is -0.143. The summed E-state index contributed by atoms with van der Waals surface area (Å²) in [4.78, 5) is 24.6. The van der Waals surface area contributed by atoms with Crippen molar-refractivity contribution in [1.29, 1.82) is 0 Å². The van der Waals surface area contributed by atoms with Crippen molar-refractivity contribution in [3.05, 3.63) is 36.5 Å². The molecule has 0 fully saturated rings. The summed E-state index contributed by atoms with van der Waals surface area (Å²) in [5.74, 6) is -0.0879. The standard InChI is InChI=1S/C65H123NO5/c1-3-5-7-9-11-13-15-17-19-20-21-22-23-24-26-30-33-37-41-45-49-53-57-63(68)62(61-67)66-64(69)58-54-50-46-42-38-34-31-27-25-28-32-36-40-44-48-52-56-60-71-65(70)59-55-51-47-43-39-35-29-18-16-14-12-10-8-6-4-2/h18,25,28-29,53,57,62-63,67-68H,3-17,19-24,26-27,30-52,54-56,58-61H2,1-2H3,(H,66,69)/b28-25-,29-18-,57-53+. The van der Waals surface area contributed by atoms with Gasteiger partial charge in [0, 0.05) is 12.8 Å². The summed E-state index contributed by atoms with van der Waals surface area (Å²) < 4.78 is 5.47. The SMILES string of the molecule is CCCCCCCC/C=C\CCCCCCCC(=O)OCCCCCCCC/C=C\CCCCCCCCCC(=O)NC(CO)C(O)/C=C/CCCCCCCCCCCCCCCCCCCCCC. The normalized spacial score (nSPS) is 12.8. The first-order valence-electron chi connectivity index (χ1n) is 31.8. The van der Waals surface area contributed by atoms with E-state index < -0.39 is 12.1 Å². The third-order valence-electron chi connectivity index (χ3n) is 14.6. The highest BCUT2D eigenvalue weighted by Gasteiger charge is 2.18. The number of carbonyl (C=O) groups excluding carboxylic acids is 2. The second-order valence-corrected chi connectivity index (χ2v) is 21.7. The highest BCUT2D eigenvalue weighted by atomic mass is 16.5. The monoisotopic (exact) mass is 998 g/mol. The van der Waals surface area contributed by atoms with Crippen LogP contribution in [0.5, 0.6) is 0 Å². The van der Waals surface area contributed by atoms with Gasteiger partial charge < -0.3 is 20.3 Å². The number of allylic oxidation sites excluding steroid dienone is 5. The van der Waals surface area contributed by atoms with Gasteiger partial charge in [0.05, 0.1) is 25.4 Å². The predicted molar refractivity (Wildman–Crippen MR) is 310 cm³/mol. The van der Waals surface area contributed by atoms with Gasteiger partial charge in [0.2, 0.25) is 5.91 Å². The molecule has 0 aliphatic rings. The summed E-state index contributed by atoms with van der Waals surface area (Å²) >= 11 is 0. The van der Waals surface area contributed by atoms with E-state index in [0.717, 1.165) is 57.8 Å². The molecule has 1 amide bonds. The summed E-state index contributed by atoms with van der Waals surface area (Å²) in [6, 6.07) is -0.638. The lowest BCUT2D eigenvalue weighted by atomic mass is 10.0. The fraction of sp³-hybridized carbons (Fsp3) is 0.877. The smallest absolute Gasteiger partial charge is 0.305 e. The lowest BCUT2D eigenvalue weighted by Crippen LogP contribution is -2.45. The molecule has 0 aliphatic heterocycles. The van der Waals surface area contributed by atoms with E-state index in [2.05, 4.69) is 43.5 Å². The molecular formula is C65H123NO5. The molecule has 6 nitrogen and oxygen atoms in total. The van der Waals surface area contributed by atoms with E-state index in [9.17, 15) is 19.8 Å². The van der Waals surface area contributed by atoms with E-state index in [1.54, 1.807) is 6.08 Å². The molecule has 0 aromatic rings. The highest BCUT2D eigenvalue weighted by molar-refractivity contribution is 5.76. The van der Waals surface area contributed by atoms with Gasteiger partial charge in [-0.2, -0.15) is 0 Å². The average Bonchev–Trinajstić information content (AvgIpc) is 3.37. The molecule has 0 aromatic carbocycles. The van der Waals surface area contributed by atoms with Gasteiger partial charge in [-0.15, -0.1) is 0 Å². The van der Waals surface area contributed by atoms with Crippen LogP contribution in [0.25, 0.3) is 0 Å². The Bertz CT molecular complexity index is 1150. The molecule has 2 unspecified atom stereocenters. The van der Waals surface area contributed by atoms with Crippen LogP contribution in [0.3, 0.4) is 0 Å². The van der Waals surface area contributed by atoms with Crippen molar-refractivity contribution >= 4 is 11.9 Å². The van der Waals surface area contributed by atoms with Crippen LogP contribution in [0.2, 0.25) is 0 Å². The van der Waals surface area contributed by atoms with Gasteiger partial charge in [0.25, 0.3) is 0 Å². The lowest BCUT2D eigenvalue weighted by Gasteiger charge is -2.20. The number of nitrogens with one attached hydrogen (secondary N) is 1. The molecule has 0 aromatic heterocycles. The van der Waals surface area contributed by atoms with E-state index in [4.69, 9.17) is 4.74 Å². The molecule has 0 saturated carbocycles. The molecule has 418 valence electrons. The van der Waals surface area contributed by atoms with Gasteiger partial charge in [0.15, 0.2) is 0 Å². The molecule has 0 heterocycles. The average molecular weight is 999 g/mol. The third kappa shape index (κ3) is 57.2. The van der Waals surface area contributed by atoms with Gasteiger partial charge in [-0.25, -0.2) is 0 Å². The number of ether oxygens (including phenoxy) is 1. The van der Waals surface area contributed by atoms with Crippen molar-refractivity contribution in [1.82, 2.24) is 5.32 Å². The summed E-state index contributed by atoms with van der Waals surface area (Å²) in [5.41, 5.74) is 0. The summed E-state index contributed by atoms with van der Waals surface area (Å²) in [5, 5.41) is 23.2. The number of aliphatic hydroxyl groups excluding tert-OH is 2. The number of carbonyl (C=O) groups is 2. The molecule has 0 spiro atoms. The Labute approximate surface area is 443 Å². The van der Waals surface area contributed by atoms with Crippen LogP contribution >= 0.6 is 0 Å². The molecule has 0 saturated heterocycles. The topological polar surface area (TPSA) is 95.9 Å². The Hall–Kier alpha value is -1.92. The van der Waals surface area contributed by atoms with Crippen LogP contribution in [0.4, 0.5) is 0 Å². The zero-order valence-electron chi connectivity index (χ0n) is 47.7. The Morgan fingerprint density at radius 3 is 1.00 bits per heavy atom. The number of hydrogen-bond acceptors (Lipinski definition) is 5. The van der Waals surface area contributed by atoms with Crippen molar-refractivity contribution in [2.45, 2.75) is 353 Å². The predicted octanol–water partition coefficient (Wildman–Crippen LogP) is 20.0. The molecule has 0 aliphatic carbocycles. The Morgan fingerprint density at radius 1 is 0.380 bits per heavy atom. The van der Waals surface area contributed by atoms with Crippen LogP contribution in [-0.2, 0) is 14.3 Å². The zero-order valence-corrected chi connectivity index (χ0v) is 47.7. The number of amides is 1. The second-order valence-electron chi connectivity index (χ2n) is 21.7. The van der Waals surface area contributed by atoms with Crippen LogP contribution in [0, 0.1) is 0 Å². The molecule has 0 radical (unpaired) electrons. The summed E-state index contributed by atoms with van der Waals surface area (Å²) in [6.07, 6.45) is 76.1. The van der Waals surface area contributed by atoms with Crippen LogP contribution in [0.1, 0.15) is 341 Å². The molecule has 2 atom stereocenters. The van der Waals surface area contributed by atoms with Crippen LogP contribution < -0.4 is 5.32 Å². The minimum Gasteiger partial charge on any atom is -0.466 e. The molecule has 71 heavy (non-hydrogen) atoms. The number of hydrogen-bond donors (Lipinski definition) is 3. The molecule has 0 bridgehead atoms. The van der Waals surface area contributed by atoms with E-state index in [1.807, 2.05) is 6.08 Å². The van der Waals surface area contributed by atoms with Gasteiger partial charge in [-0.05, 0) is 83.5 Å². The van der Waals surface area contributed by atoms with Gasteiger partial charge in [-0.1, -0.05) is 281 Å². The van der Waals surface area contributed by atoms with Crippen molar-refractivity contribution in [2.24, 2.45) is 0 Å². The molecular weight excluding hydrogens is 875 g/mol. The first-order valence-corrected chi connectivity index (χ1v) is 31.8. The summed E-state index contributed by atoms with van der Waals surface area (Å²) in [6.45, 7) is 4.89. The number of unbranched alkanes of at least 4 members (excludes halogenated alkanes) is 44. The maximum absolute atomic E-state index is 12.5. The Morgan fingerprint density at radius 2 is 0.662 bits per heavy atom. The van der Waals surface area contributed by atoms with Crippen molar-refractivity contribution in [3.63, 3.8) is 0 Å². The highest BCUT2D eigenvalue weighted by Crippen LogP contribution is 2.17. The maximum Gasteiger partial charge on any atom is 0.305 e. The first-order chi connectivity index (χ1) is 35.0. The molecule has 6 heteroatoms. The largest absolute Gasteiger partial charge is 0.466 e. The fourth-order valence-corrected chi connectivity index (χ4v) is 9.74. The third-order valence-corrected chi connectivity index (χ3v) is 14.6. The van der Waals surface area contributed by atoms with Crippen molar-refractivity contribution < 1.29 is 24.5 Å². The van der Waals surface area contributed by atoms with Crippen molar-refractivity contribution in [3.8, 4) is 0 Å². The van der Waals surface area contributed by atoms with E-state index in [0.29, 0.717) is 19.4 Å². The molecule has 3 N–H and O–H groups in total. The second kappa shape index (κ2) is 60.6. The maximum atomic E-state index is 12.5. The van der Waals surface area contributed by atoms with Crippen LogP contribution in [0.15, 0.2) is 36.5 Å². The van der Waals surface area contributed by atoms with Gasteiger partial charge in [0.1, 0.15) is 0 Å². The van der Waals surface area contributed by atoms with Gasteiger partial charge >= 0.3 is 5.97 Å².